The van der Waals surface area contributed by atoms with Crippen LogP contribution in [-0.2, 0) is 0 Å². The first kappa shape index (κ1) is 9.21. The van der Waals surface area contributed by atoms with Crippen LogP contribution >= 0.6 is 11.6 Å². The Labute approximate surface area is 86.1 Å². The van der Waals surface area contributed by atoms with Gasteiger partial charge in [0, 0.05) is 22.8 Å². The van der Waals surface area contributed by atoms with Crippen molar-refractivity contribution in [3.63, 3.8) is 0 Å². The molecule has 0 aliphatic rings. The number of carbonyl (C=O) groups is 1. The zero-order chi connectivity index (χ0) is 10.3. The van der Waals surface area contributed by atoms with Crippen molar-refractivity contribution < 1.29 is 4.79 Å². The Morgan fingerprint density at radius 3 is 2.93 bits per heavy atom. The molecule has 0 fully saturated rings. The molecule has 4 heteroatoms. The molecule has 0 spiro atoms. The number of hydrogen-bond donors (Lipinski definition) is 1. The monoisotopic (exact) mass is 208 g/mol. The van der Waals surface area contributed by atoms with Crippen molar-refractivity contribution in [3.05, 3.63) is 28.7 Å². The minimum atomic E-state index is 0.0310. The van der Waals surface area contributed by atoms with Crippen LogP contribution in [0.4, 0.5) is 0 Å². The smallest absolute Gasteiger partial charge is 0.162 e. The average Bonchev–Trinajstić information content (AvgIpc) is 2.47. The fraction of sp³-hybridized carbons (Fsp3) is 0.200. The largest absolute Gasteiger partial charge is 0.360 e. The highest BCUT2D eigenvalue weighted by Gasteiger charge is 2.11. The minimum Gasteiger partial charge on any atom is -0.360 e. The Hall–Kier alpha value is -1.35. The minimum absolute atomic E-state index is 0.0310. The molecule has 0 aliphatic carbocycles. The Morgan fingerprint density at radius 2 is 2.29 bits per heavy atom. The highest BCUT2D eigenvalue weighted by molar-refractivity contribution is 6.30. The third-order valence-corrected chi connectivity index (χ3v) is 2.38. The summed E-state index contributed by atoms with van der Waals surface area (Å²) in [6.45, 7) is 3.38. The summed E-state index contributed by atoms with van der Waals surface area (Å²) in [5.41, 5.74) is 2.30. The number of Topliss-reactive ketones (excluding diaryl/α,β-unsaturated/α-hetero) is 1. The normalized spacial score (nSPS) is 10.8. The van der Waals surface area contributed by atoms with E-state index in [1.165, 1.54) is 6.92 Å². The second-order valence-corrected chi connectivity index (χ2v) is 3.60. The molecule has 0 atom stereocenters. The average molecular weight is 209 g/mol. The number of nitrogens with one attached hydrogen (secondary N) is 1. The summed E-state index contributed by atoms with van der Waals surface area (Å²) in [5.74, 6) is 0.0310. The third kappa shape index (κ3) is 1.30. The molecule has 14 heavy (non-hydrogen) atoms. The van der Waals surface area contributed by atoms with Gasteiger partial charge in [0.2, 0.25) is 0 Å². The maximum absolute atomic E-state index is 11.3. The predicted molar refractivity (Wildman–Crippen MR) is 55.8 cm³/mol. The standard InChI is InChI=1S/C10H9ClN2O/c1-5-10-7(6(2)14)4-12-8(10)3-9(11)13-5/h3-4,12H,1-2H3. The SMILES string of the molecule is CC(=O)c1c[nH]c2cc(Cl)nc(C)c12. The molecule has 2 aromatic rings. The van der Waals surface area contributed by atoms with E-state index in [9.17, 15) is 4.79 Å². The second kappa shape index (κ2) is 3.10. The number of fused-ring (bicyclic) bond motifs is 1. The van der Waals surface area contributed by atoms with Crippen LogP contribution in [0.1, 0.15) is 23.0 Å². The number of rotatable bonds is 1. The number of pyridine rings is 1. The van der Waals surface area contributed by atoms with E-state index in [0.717, 1.165) is 16.6 Å². The van der Waals surface area contributed by atoms with Gasteiger partial charge in [-0.05, 0) is 19.9 Å². The molecule has 0 bridgehead atoms. The number of nitrogens with zero attached hydrogens (tertiary/aromatic N) is 1. The molecule has 2 aromatic heterocycles. The molecular weight excluding hydrogens is 200 g/mol. The fourth-order valence-electron chi connectivity index (χ4n) is 1.59. The molecule has 0 unspecified atom stereocenters. The van der Waals surface area contributed by atoms with E-state index in [4.69, 9.17) is 11.6 Å². The fourth-order valence-corrected chi connectivity index (χ4v) is 1.82. The third-order valence-electron chi connectivity index (χ3n) is 2.19. The Balaban J connectivity index is 2.85. The number of hydrogen-bond acceptors (Lipinski definition) is 2. The summed E-state index contributed by atoms with van der Waals surface area (Å²) >= 11 is 5.80. The molecule has 2 heterocycles. The van der Waals surface area contributed by atoms with Crippen molar-refractivity contribution in [2.24, 2.45) is 0 Å². The van der Waals surface area contributed by atoms with Crippen molar-refractivity contribution in [1.29, 1.82) is 0 Å². The van der Waals surface area contributed by atoms with E-state index in [0.29, 0.717) is 10.7 Å². The quantitative estimate of drug-likeness (QED) is 0.579. The molecule has 0 aliphatic heterocycles. The van der Waals surface area contributed by atoms with Gasteiger partial charge in [0.25, 0.3) is 0 Å². The van der Waals surface area contributed by atoms with Crippen LogP contribution in [-0.4, -0.2) is 15.8 Å². The predicted octanol–water partition coefficient (Wildman–Crippen LogP) is 2.73. The number of aryl methyl sites for hydroxylation is 1. The first-order valence-corrected chi connectivity index (χ1v) is 4.62. The van der Waals surface area contributed by atoms with Crippen molar-refractivity contribution in [1.82, 2.24) is 9.97 Å². The van der Waals surface area contributed by atoms with Crippen LogP contribution in [0.2, 0.25) is 5.15 Å². The van der Waals surface area contributed by atoms with E-state index < -0.39 is 0 Å². The number of aromatic amines is 1. The summed E-state index contributed by atoms with van der Waals surface area (Å²) in [6, 6.07) is 1.72. The van der Waals surface area contributed by atoms with Gasteiger partial charge >= 0.3 is 0 Å². The molecule has 0 saturated carbocycles. The van der Waals surface area contributed by atoms with Gasteiger partial charge < -0.3 is 4.98 Å². The van der Waals surface area contributed by atoms with Gasteiger partial charge in [-0.3, -0.25) is 4.79 Å². The van der Waals surface area contributed by atoms with Gasteiger partial charge in [0.1, 0.15) is 5.15 Å². The van der Waals surface area contributed by atoms with Gasteiger partial charge in [0.15, 0.2) is 5.78 Å². The summed E-state index contributed by atoms with van der Waals surface area (Å²) in [5, 5.41) is 1.30. The van der Waals surface area contributed by atoms with E-state index in [2.05, 4.69) is 9.97 Å². The molecule has 72 valence electrons. The lowest BCUT2D eigenvalue weighted by molar-refractivity contribution is 0.101. The van der Waals surface area contributed by atoms with Crippen molar-refractivity contribution in [2.75, 3.05) is 0 Å². The Morgan fingerprint density at radius 1 is 1.57 bits per heavy atom. The van der Waals surface area contributed by atoms with Crippen molar-refractivity contribution in [3.8, 4) is 0 Å². The highest BCUT2D eigenvalue weighted by Crippen LogP contribution is 2.23. The van der Waals surface area contributed by atoms with Crippen LogP contribution in [0.15, 0.2) is 12.3 Å². The molecule has 0 aromatic carbocycles. The summed E-state index contributed by atoms with van der Waals surface area (Å²) in [7, 11) is 0. The van der Waals surface area contributed by atoms with Gasteiger partial charge in [-0.1, -0.05) is 11.6 Å². The first-order valence-electron chi connectivity index (χ1n) is 4.25. The molecule has 2 rings (SSSR count). The van der Waals surface area contributed by atoms with Gasteiger partial charge in [0.05, 0.1) is 5.52 Å². The van der Waals surface area contributed by atoms with Crippen LogP contribution in [0.25, 0.3) is 10.9 Å². The second-order valence-electron chi connectivity index (χ2n) is 3.21. The lowest BCUT2D eigenvalue weighted by atomic mass is 10.1. The summed E-state index contributed by atoms with van der Waals surface area (Å²) < 4.78 is 0. The molecule has 3 nitrogen and oxygen atoms in total. The maximum atomic E-state index is 11.3. The van der Waals surface area contributed by atoms with Crippen molar-refractivity contribution in [2.45, 2.75) is 13.8 Å². The zero-order valence-electron chi connectivity index (χ0n) is 7.89. The molecule has 0 amide bonds. The molecule has 1 N–H and O–H groups in total. The first-order chi connectivity index (χ1) is 6.59. The van der Waals surface area contributed by atoms with Crippen LogP contribution in [0, 0.1) is 6.92 Å². The maximum Gasteiger partial charge on any atom is 0.162 e. The van der Waals surface area contributed by atoms with Crippen LogP contribution in [0.5, 0.6) is 0 Å². The Bertz CT molecular complexity index is 516. The molecule has 0 saturated heterocycles. The number of halogens is 1. The van der Waals surface area contributed by atoms with Gasteiger partial charge in [-0.25, -0.2) is 4.98 Å². The number of ketones is 1. The number of aromatic nitrogens is 2. The lowest BCUT2D eigenvalue weighted by Gasteiger charge is -1.98. The number of carbonyl (C=O) groups excluding carboxylic acids is 1. The van der Waals surface area contributed by atoms with E-state index in [1.807, 2.05) is 6.92 Å². The zero-order valence-corrected chi connectivity index (χ0v) is 8.64. The molecular formula is C10H9ClN2O. The van der Waals surface area contributed by atoms with Gasteiger partial charge in [-0.2, -0.15) is 0 Å². The lowest BCUT2D eigenvalue weighted by Crippen LogP contribution is -1.92. The molecule has 0 radical (unpaired) electrons. The summed E-state index contributed by atoms with van der Waals surface area (Å²) in [4.78, 5) is 18.4. The van der Waals surface area contributed by atoms with Crippen LogP contribution in [0.3, 0.4) is 0 Å². The topological polar surface area (TPSA) is 45.8 Å². The summed E-state index contributed by atoms with van der Waals surface area (Å²) in [6.07, 6.45) is 1.69. The van der Waals surface area contributed by atoms with Crippen LogP contribution < -0.4 is 0 Å². The van der Waals surface area contributed by atoms with E-state index in [1.54, 1.807) is 12.3 Å². The van der Waals surface area contributed by atoms with Gasteiger partial charge in [-0.15, -0.1) is 0 Å². The van der Waals surface area contributed by atoms with E-state index >= 15 is 0 Å². The Kier molecular flexibility index (Phi) is 2.04. The van der Waals surface area contributed by atoms with E-state index in [-0.39, 0.29) is 5.78 Å². The van der Waals surface area contributed by atoms with Crippen molar-refractivity contribution >= 4 is 28.3 Å². The highest BCUT2D eigenvalue weighted by atomic mass is 35.5. The number of H-pyrrole nitrogens is 1.